The van der Waals surface area contributed by atoms with Crippen molar-refractivity contribution in [2.45, 2.75) is 26.0 Å². The molecular formula is C14H18FN3O2. The third-order valence-electron chi connectivity index (χ3n) is 3.34. The topological polar surface area (TPSA) is 54.9 Å². The molecule has 1 aromatic rings. The normalized spacial score (nSPS) is 20.7. The van der Waals surface area contributed by atoms with E-state index >= 15 is 0 Å². The first-order chi connectivity index (χ1) is 9.72. The van der Waals surface area contributed by atoms with E-state index in [0.717, 1.165) is 29.4 Å². The Labute approximate surface area is 117 Å². The van der Waals surface area contributed by atoms with Gasteiger partial charge in [0.15, 0.2) is 12.8 Å². The summed E-state index contributed by atoms with van der Waals surface area (Å²) in [6.07, 6.45) is 0.676. The molecule has 1 unspecified atom stereocenters. The highest BCUT2D eigenvalue weighted by molar-refractivity contribution is 5.81. The van der Waals surface area contributed by atoms with E-state index in [-0.39, 0.29) is 12.6 Å². The Morgan fingerprint density at radius 1 is 1.50 bits per heavy atom. The zero-order chi connectivity index (χ0) is 13.9. The summed E-state index contributed by atoms with van der Waals surface area (Å²) in [5, 5.41) is 6.44. The van der Waals surface area contributed by atoms with Crippen molar-refractivity contribution < 1.29 is 13.9 Å². The van der Waals surface area contributed by atoms with E-state index in [1.54, 1.807) is 0 Å². The van der Waals surface area contributed by atoms with E-state index < -0.39 is 0 Å². The summed E-state index contributed by atoms with van der Waals surface area (Å²) in [7, 11) is 0. The average molecular weight is 279 g/mol. The second-order valence-corrected chi connectivity index (χ2v) is 5.08. The van der Waals surface area contributed by atoms with Gasteiger partial charge in [-0.25, -0.2) is 4.39 Å². The molecule has 2 aliphatic heterocycles. The Morgan fingerprint density at radius 2 is 2.40 bits per heavy atom. The minimum Gasteiger partial charge on any atom is -0.467 e. The number of fused-ring (bicyclic) bond motifs is 1. The monoisotopic (exact) mass is 279 g/mol. The molecule has 1 atom stereocenters. The van der Waals surface area contributed by atoms with Gasteiger partial charge in [-0.15, -0.1) is 0 Å². The molecule has 108 valence electrons. The van der Waals surface area contributed by atoms with Crippen molar-refractivity contribution >= 4 is 5.96 Å². The SMILES string of the molecule is CC1CN=C(NCCc2cc(F)cc3c2OCOC3)N1. The maximum atomic E-state index is 13.6. The van der Waals surface area contributed by atoms with Gasteiger partial charge in [-0.1, -0.05) is 0 Å². The number of aliphatic imine (C=N–C) groups is 1. The van der Waals surface area contributed by atoms with Crippen LogP contribution in [0.5, 0.6) is 5.75 Å². The molecule has 0 radical (unpaired) electrons. The molecule has 6 heteroatoms. The number of guanidine groups is 1. The molecule has 2 aliphatic rings. The lowest BCUT2D eigenvalue weighted by Crippen LogP contribution is -2.38. The zero-order valence-corrected chi connectivity index (χ0v) is 11.4. The van der Waals surface area contributed by atoms with Crippen LogP contribution >= 0.6 is 0 Å². The molecule has 2 heterocycles. The summed E-state index contributed by atoms with van der Waals surface area (Å²) in [6.45, 7) is 4.18. The van der Waals surface area contributed by atoms with Crippen LogP contribution in [-0.2, 0) is 17.8 Å². The lowest BCUT2D eigenvalue weighted by atomic mass is 10.1. The van der Waals surface area contributed by atoms with Crippen molar-refractivity contribution in [1.82, 2.24) is 10.6 Å². The summed E-state index contributed by atoms with van der Waals surface area (Å²) < 4.78 is 24.2. The van der Waals surface area contributed by atoms with Crippen LogP contribution in [0.25, 0.3) is 0 Å². The van der Waals surface area contributed by atoms with E-state index in [0.29, 0.717) is 25.6 Å². The molecule has 0 aliphatic carbocycles. The number of nitrogens with one attached hydrogen (secondary N) is 2. The largest absolute Gasteiger partial charge is 0.467 e. The summed E-state index contributed by atoms with van der Waals surface area (Å²) >= 11 is 0. The quantitative estimate of drug-likeness (QED) is 0.872. The summed E-state index contributed by atoms with van der Waals surface area (Å²) in [6, 6.07) is 3.37. The lowest BCUT2D eigenvalue weighted by molar-refractivity contribution is -0.0172. The fraction of sp³-hybridized carbons (Fsp3) is 0.500. The minimum atomic E-state index is -0.252. The maximum absolute atomic E-state index is 13.6. The summed E-state index contributed by atoms with van der Waals surface area (Å²) in [4.78, 5) is 4.32. The highest BCUT2D eigenvalue weighted by Crippen LogP contribution is 2.29. The van der Waals surface area contributed by atoms with Crippen molar-refractivity contribution in [2.75, 3.05) is 19.9 Å². The number of benzene rings is 1. The zero-order valence-electron chi connectivity index (χ0n) is 11.4. The van der Waals surface area contributed by atoms with Gasteiger partial charge in [0.1, 0.15) is 11.6 Å². The van der Waals surface area contributed by atoms with Crippen LogP contribution in [0, 0.1) is 5.82 Å². The molecule has 0 spiro atoms. The molecule has 0 fully saturated rings. The molecule has 20 heavy (non-hydrogen) atoms. The molecule has 0 amide bonds. The number of rotatable bonds is 3. The second-order valence-electron chi connectivity index (χ2n) is 5.08. The van der Waals surface area contributed by atoms with Crippen LogP contribution in [0.3, 0.4) is 0 Å². The molecule has 0 bridgehead atoms. The average Bonchev–Trinajstić information content (AvgIpc) is 2.84. The highest BCUT2D eigenvalue weighted by Gasteiger charge is 2.17. The van der Waals surface area contributed by atoms with Crippen molar-refractivity contribution in [3.05, 3.63) is 29.1 Å². The molecule has 0 saturated heterocycles. The smallest absolute Gasteiger partial charge is 0.191 e. The van der Waals surface area contributed by atoms with E-state index in [2.05, 4.69) is 22.5 Å². The first kappa shape index (κ1) is 13.2. The first-order valence-corrected chi connectivity index (χ1v) is 6.79. The van der Waals surface area contributed by atoms with E-state index in [1.165, 1.54) is 12.1 Å². The second kappa shape index (κ2) is 5.66. The van der Waals surface area contributed by atoms with Crippen LogP contribution in [0.15, 0.2) is 17.1 Å². The Balaban J connectivity index is 1.64. The molecule has 1 aromatic carbocycles. The highest BCUT2D eigenvalue weighted by atomic mass is 19.1. The third kappa shape index (κ3) is 2.85. The van der Waals surface area contributed by atoms with Crippen LogP contribution < -0.4 is 15.4 Å². The van der Waals surface area contributed by atoms with Crippen LogP contribution in [-0.4, -0.2) is 31.9 Å². The number of hydrogen-bond donors (Lipinski definition) is 2. The Bertz CT molecular complexity index is 533. The van der Waals surface area contributed by atoms with Gasteiger partial charge in [-0.2, -0.15) is 0 Å². The van der Waals surface area contributed by atoms with Crippen molar-refractivity contribution in [3.8, 4) is 5.75 Å². The van der Waals surface area contributed by atoms with Gasteiger partial charge in [0.25, 0.3) is 0 Å². The fourth-order valence-electron chi connectivity index (χ4n) is 2.42. The van der Waals surface area contributed by atoms with Gasteiger partial charge >= 0.3 is 0 Å². The van der Waals surface area contributed by atoms with Gasteiger partial charge in [0, 0.05) is 18.2 Å². The molecule has 5 nitrogen and oxygen atoms in total. The van der Waals surface area contributed by atoms with E-state index in [4.69, 9.17) is 9.47 Å². The van der Waals surface area contributed by atoms with Gasteiger partial charge in [0.2, 0.25) is 0 Å². The van der Waals surface area contributed by atoms with Gasteiger partial charge < -0.3 is 20.1 Å². The van der Waals surface area contributed by atoms with Gasteiger partial charge in [-0.05, 0) is 31.0 Å². The number of ether oxygens (including phenoxy) is 2. The molecule has 2 N–H and O–H groups in total. The first-order valence-electron chi connectivity index (χ1n) is 6.79. The van der Waals surface area contributed by atoms with Crippen molar-refractivity contribution in [3.63, 3.8) is 0 Å². The standard InChI is InChI=1S/C14H18FN3O2/c1-9-6-17-14(18-9)16-3-2-10-4-12(15)5-11-7-19-8-20-13(10)11/h4-5,9H,2-3,6-8H2,1H3,(H2,16,17,18). The van der Waals surface area contributed by atoms with Gasteiger partial charge in [-0.3, -0.25) is 4.99 Å². The minimum absolute atomic E-state index is 0.227. The third-order valence-corrected chi connectivity index (χ3v) is 3.34. The molecular weight excluding hydrogens is 261 g/mol. The number of hydrogen-bond acceptors (Lipinski definition) is 5. The molecule has 0 saturated carbocycles. The Hall–Kier alpha value is -1.82. The van der Waals surface area contributed by atoms with Crippen LogP contribution in [0.4, 0.5) is 4.39 Å². The summed E-state index contributed by atoms with van der Waals surface area (Å²) in [5.74, 6) is 1.32. The van der Waals surface area contributed by atoms with Crippen LogP contribution in [0.2, 0.25) is 0 Å². The lowest BCUT2D eigenvalue weighted by Gasteiger charge is -2.21. The maximum Gasteiger partial charge on any atom is 0.191 e. The predicted octanol–water partition coefficient (Wildman–Crippen LogP) is 1.17. The fourth-order valence-corrected chi connectivity index (χ4v) is 2.42. The summed E-state index contributed by atoms with van der Waals surface area (Å²) in [5.41, 5.74) is 1.64. The Kier molecular flexibility index (Phi) is 3.73. The van der Waals surface area contributed by atoms with E-state index in [1.807, 2.05) is 0 Å². The van der Waals surface area contributed by atoms with Gasteiger partial charge in [0.05, 0.1) is 13.2 Å². The van der Waals surface area contributed by atoms with Crippen LogP contribution in [0.1, 0.15) is 18.1 Å². The molecule has 0 aromatic heterocycles. The Morgan fingerprint density at radius 3 is 3.20 bits per heavy atom. The van der Waals surface area contributed by atoms with Crippen molar-refractivity contribution in [1.29, 1.82) is 0 Å². The number of nitrogens with zero attached hydrogens (tertiary/aromatic N) is 1. The van der Waals surface area contributed by atoms with Crippen molar-refractivity contribution in [2.24, 2.45) is 4.99 Å². The predicted molar refractivity (Wildman–Crippen MR) is 73.3 cm³/mol. The molecule has 3 rings (SSSR count). The number of halogens is 1. The van der Waals surface area contributed by atoms with E-state index in [9.17, 15) is 4.39 Å².